The normalized spacial score (nSPS) is 11.5. The zero-order valence-electron chi connectivity index (χ0n) is 20.9. The Balaban J connectivity index is 0.00000456. The van der Waals surface area contributed by atoms with Crippen LogP contribution >= 0.6 is 11.8 Å². The number of carbonyl (C=O) groups is 2. The van der Waals surface area contributed by atoms with Gasteiger partial charge in [0.2, 0.25) is 0 Å². The van der Waals surface area contributed by atoms with E-state index < -0.39 is 17.9 Å². The molecule has 0 radical (unpaired) electrons. The molecule has 0 saturated heterocycles. The van der Waals surface area contributed by atoms with Gasteiger partial charge >= 0.3 is 18.9 Å². The summed E-state index contributed by atoms with van der Waals surface area (Å²) in [6.45, 7) is 1.83. The Bertz CT molecular complexity index is 1100. The van der Waals surface area contributed by atoms with Crippen LogP contribution in [-0.4, -0.2) is 53.1 Å². The van der Waals surface area contributed by atoms with Crippen molar-refractivity contribution in [2.24, 2.45) is 0 Å². The van der Waals surface area contributed by atoms with Gasteiger partial charge in [0.15, 0.2) is 0 Å². The van der Waals surface area contributed by atoms with Gasteiger partial charge in [0, 0.05) is 25.2 Å². The zero-order valence-corrected chi connectivity index (χ0v) is 21.7. The van der Waals surface area contributed by atoms with E-state index in [-0.39, 0.29) is 25.5 Å². The molecule has 184 valence electrons. The van der Waals surface area contributed by atoms with Gasteiger partial charge in [-0.05, 0) is 52.8 Å². The Hall–Kier alpha value is -2.53. The van der Waals surface area contributed by atoms with Crippen LogP contribution < -0.4 is 29.3 Å². The summed E-state index contributed by atoms with van der Waals surface area (Å²) in [5.41, 5.74) is 4.14. The molecule has 3 aromatic carbocycles. The number of aliphatic hydroxyl groups excluding tert-OH is 1. The molecule has 36 heavy (non-hydrogen) atoms. The third-order valence-electron chi connectivity index (χ3n) is 5.69. The third kappa shape index (κ3) is 8.84. The number of hydrogen-bond acceptors (Lipinski definition) is 6. The Labute approximate surface area is 229 Å². The van der Waals surface area contributed by atoms with Crippen molar-refractivity contribution >= 4 is 23.6 Å². The average molecular weight is 499 g/mol. The van der Waals surface area contributed by atoms with E-state index in [0.717, 1.165) is 22.3 Å². The molecule has 0 bridgehead atoms. The van der Waals surface area contributed by atoms with Crippen LogP contribution in [0.5, 0.6) is 0 Å². The first-order valence-corrected chi connectivity index (χ1v) is 13.0. The minimum absolute atomic E-state index is 0. The molecule has 6 nitrogen and oxygen atoms in total. The number of nitrogens with zero attached hydrogens (tertiary/aromatic N) is 1. The molecule has 0 fully saturated rings. The molecule has 3 aromatic rings. The van der Waals surface area contributed by atoms with Gasteiger partial charge in [-0.3, -0.25) is 9.69 Å². The van der Waals surface area contributed by atoms with Gasteiger partial charge in [0.1, 0.15) is 0 Å². The second kappa shape index (κ2) is 15.6. The van der Waals surface area contributed by atoms with E-state index in [1.165, 1.54) is 11.8 Å². The molecule has 8 heteroatoms. The van der Waals surface area contributed by atoms with Crippen LogP contribution in [0.1, 0.15) is 27.9 Å². The number of carboxylic acids is 1. The summed E-state index contributed by atoms with van der Waals surface area (Å²) in [6, 6.07) is 24.2. The minimum Gasteiger partial charge on any atom is -0.548 e. The smallest absolute Gasteiger partial charge is 0.548 e. The number of rotatable bonds is 13. The van der Waals surface area contributed by atoms with Crippen molar-refractivity contribution in [2.45, 2.75) is 25.6 Å². The summed E-state index contributed by atoms with van der Waals surface area (Å²) < 4.78 is 0. The first kappa shape index (κ1) is 29.7. The van der Waals surface area contributed by atoms with Crippen molar-refractivity contribution in [2.75, 3.05) is 25.2 Å². The third-order valence-corrected chi connectivity index (χ3v) is 6.33. The maximum atomic E-state index is 13.1. The maximum absolute atomic E-state index is 13.1. The van der Waals surface area contributed by atoms with Crippen molar-refractivity contribution < 1.29 is 38.7 Å². The fourth-order valence-corrected chi connectivity index (χ4v) is 4.39. The van der Waals surface area contributed by atoms with Gasteiger partial charge in [0.25, 0.3) is 5.91 Å². The number of carbonyl (C=O) groups excluding carboxylic acids is 2. The quantitative estimate of drug-likeness (QED) is 0.321. The maximum Gasteiger partial charge on any atom is 1.00 e. The molecule has 3 rings (SSSR count). The van der Waals surface area contributed by atoms with E-state index in [1.807, 2.05) is 66.9 Å². The van der Waals surface area contributed by atoms with E-state index in [4.69, 9.17) is 0 Å². The number of aliphatic carboxylic acids is 1. The molecule has 2 N–H and O–H groups in total. The molecule has 0 aliphatic heterocycles. The second-order valence-electron chi connectivity index (χ2n) is 8.29. The molecule has 1 atom stereocenters. The number of amides is 1. The second-order valence-corrected chi connectivity index (χ2v) is 9.28. The molecule has 1 amide bonds. The Morgan fingerprint density at radius 2 is 1.61 bits per heavy atom. The standard InChI is InChI=1S/C28H32N2O4S.Li/c1-35-17-14-26(28(33)34)29-27(32)24-13-12-22(18-25(24)23-10-6-3-7-11-23)20-30(15-16-31)19-21-8-4-2-5-9-21;/h2-13,18,26,31H,14-17,19-20H2,1H3,(H,29,32)(H,33,34);/q;+1/p-1. The topological polar surface area (TPSA) is 92.7 Å². The van der Waals surface area contributed by atoms with Crippen LogP contribution in [0.3, 0.4) is 0 Å². The zero-order chi connectivity index (χ0) is 25.0. The fraction of sp³-hybridized carbons (Fsp3) is 0.286. The molecular weight excluding hydrogens is 467 g/mol. The number of benzene rings is 3. The number of thioether (sulfide) groups is 1. The molecule has 0 aliphatic rings. The van der Waals surface area contributed by atoms with Gasteiger partial charge in [0.05, 0.1) is 18.6 Å². The summed E-state index contributed by atoms with van der Waals surface area (Å²) in [7, 11) is 0. The van der Waals surface area contributed by atoms with Gasteiger partial charge in [-0.2, -0.15) is 11.8 Å². The minimum atomic E-state index is -1.29. The van der Waals surface area contributed by atoms with E-state index in [2.05, 4.69) is 22.3 Å². The van der Waals surface area contributed by atoms with Crippen LogP contribution in [0.25, 0.3) is 11.1 Å². The van der Waals surface area contributed by atoms with Crippen molar-refractivity contribution in [1.29, 1.82) is 0 Å². The van der Waals surface area contributed by atoms with Gasteiger partial charge in [-0.25, -0.2) is 0 Å². The van der Waals surface area contributed by atoms with Crippen molar-refractivity contribution in [3.05, 3.63) is 95.6 Å². The summed E-state index contributed by atoms with van der Waals surface area (Å²) in [5, 5.41) is 23.8. The Morgan fingerprint density at radius 3 is 2.22 bits per heavy atom. The number of hydrogen-bond donors (Lipinski definition) is 2. The largest absolute Gasteiger partial charge is 1.00 e. The summed E-state index contributed by atoms with van der Waals surface area (Å²) in [4.78, 5) is 26.8. The molecular formula is C28H31LiN2O4S. The van der Waals surface area contributed by atoms with Gasteiger partial charge in [-0.1, -0.05) is 66.7 Å². The SMILES string of the molecule is CSCCC(NC(=O)c1ccc(CN(CCO)Cc2ccccc2)cc1-c1ccccc1)C(=O)[O-].[Li+]. The predicted octanol–water partition coefficient (Wildman–Crippen LogP) is -0.0465. The first-order chi connectivity index (χ1) is 17.0. The average Bonchev–Trinajstić information content (AvgIpc) is 2.87. The molecule has 0 aromatic heterocycles. The van der Waals surface area contributed by atoms with E-state index >= 15 is 0 Å². The summed E-state index contributed by atoms with van der Waals surface area (Å²) in [6.07, 6.45) is 2.18. The molecule has 0 heterocycles. The van der Waals surface area contributed by atoms with E-state index in [0.29, 0.717) is 37.4 Å². The van der Waals surface area contributed by atoms with E-state index in [9.17, 15) is 19.8 Å². The van der Waals surface area contributed by atoms with Crippen LogP contribution in [0.2, 0.25) is 0 Å². The van der Waals surface area contributed by atoms with Crippen LogP contribution in [-0.2, 0) is 17.9 Å². The van der Waals surface area contributed by atoms with Crippen molar-refractivity contribution in [3.63, 3.8) is 0 Å². The number of aliphatic hydroxyl groups is 1. The van der Waals surface area contributed by atoms with Crippen LogP contribution in [0, 0.1) is 0 Å². The van der Waals surface area contributed by atoms with Crippen molar-refractivity contribution in [3.8, 4) is 11.1 Å². The van der Waals surface area contributed by atoms with Gasteiger partial charge < -0.3 is 20.3 Å². The van der Waals surface area contributed by atoms with Crippen LogP contribution in [0.4, 0.5) is 0 Å². The number of carboxylic acid groups (broad SMARTS) is 1. The number of nitrogens with one attached hydrogen (secondary N) is 1. The molecule has 0 saturated carbocycles. The Kier molecular flexibility index (Phi) is 12.8. The van der Waals surface area contributed by atoms with E-state index in [1.54, 1.807) is 6.07 Å². The first-order valence-electron chi connectivity index (χ1n) is 11.6. The Morgan fingerprint density at radius 1 is 0.972 bits per heavy atom. The van der Waals surface area contributed by atoms with Crippen LogP contribution in [0.15, 0.2) is 78.9 Å². The van der Waals surface area contributed by atoms with Crippen molar-refractivity contribution in [1.82, 2.24) is 10.2 Å². The predicted molar refractivity (Wildman–Crippen MR) is 139 cm³/mol. The van der Waals surface area contributed by atoms with Gasteiger partial charge in [-0.15, -0.1) is 0 Å². The monoisotopic (exact) mass is 498 g/mol. The summed E-state index contributed by atoms with van der Waals surface area (Å²) >= 11 is 1.52. The molecule has 1 unspecified atom stereocenters. The fourth-order valence-electron chi connectivity index (χ4n) is 3.92. The molecule has 0 aliphatic carbocycles. The summed E-state index contributed by atoms with van der Waals surface area (Å²) in [5.74, 6) is -1.13. The molecule has 0 spiro atoms.